The molecule has 0 unspecified atom stereocenters. The molecule has 90 valence electrons. The average molecular weight is 240 g/mol. The van der Waals surface area contributed by atoms with Crippen molar-refractivity contribution in [3.8, 4) is 0 Å². The van der Waals surface area contributed by atoms with E-state index in [2.05, 4.69) is 0 Å². The van der Waals surface area contributed by atoms with Crippen LogP contribution in [-0.2, 0) is 6.54 Å². The van der Waals surface area contributed by atoms with Crippen LogP contribution in [0.15, 0.2) is 42.5 Å². The van der Waals surface area contributed by atoms with Gasteiger partial charge < -0.3 is 4.90 Å². The molecule has 0 aliphatic carbocycles. The Morgan fingerprint density at radius 1 is 1.11 bits per heavy atom. The highest BCUT2D eigenvalue weighted by atomic mass is 19.1. The van der Waals surface area contributed by atoms with Gasteiger partial charge in [-0.05, 0) is 36.8 Å². The maximum Gasteiger partial charge on any atom is 0.133 e. The van der Waals surface area contributed by atoms with Crippen molar-refractivity contribution < 1.29 is 4.39 Å². The van der Waals surface area contributed by atoms with Crippen LogP contribution in [0.5, 0.6) is 0 Å². The van der Waals surface area contributed by atoms with Gasteiger partial charge in [0.1, 0.15) is 11.7 Å². The first-order chi connectivity index (χ1) is 8.65. The lowest BCUT2D eigenvalue weighted by Gasteiger charge is -2.18. The molecular weight excluding hydrogens is 227 g/mol. The normalized spacial score (nSPS) is 13.9. The smallest absolute Gasteiger partial charge is 0.133 e. The third kappa shape index (κ3) is 1.68. The summed E-state index contributed by atoms with van der Waals surface area (Å²) in [6.45, 7) is 2.67. The van der Waals surface area contributed by atoms with E-state index in [1.807, 2.05) is 36.1 Å². The predicted molar refractivity (Wildman–Crippen MR) is 70.6 cm³/mol. The molecule has 0 atom stereocenters. The molecular formula is C15H13FN2. The SMILES string of the molecule is Cc1ccc(N2Cc3ccc(F)cc3C2=N)cc1. The molecule has 1 N–H and O–H groups in total. The van der Waals surface area contributed by atoms with Crippen LogP contribution in [0.4, 0.5) is 10.1 Å². The molecule has 18 heavy (non-hydrogen) atoms. The van der Waals surface area contributed by atoms with Crippen molar-refractivity contribution >= 4 is 11.5 Å². The lowest BCUT2D eigenvalue weighted by molar-refractivity contribution is 0.627. The van der Waals surface area contributed by atoms with Crippen molar-refractivity contribution in [2.24, 2.45) is 0 Å². The number of nitrogens with one attached hydrogen (secondary N) is 1. The van der Waals surface area contributed by atoms with Gasteiger partial charge in [-0.15, -0.1) is 0 Å². The first-order valence-corrected chi connectivity index (χ1v) is 5.87. The number of amidine groups is 1. The molecule has 0 amide bonds. The molecule has 1 aliphatic heterocycles. The fourth-order valence-electron chi connectivity index (χ4n) is 2.25. The van der Waals surface area contributed by atoms with E-state index in [1.165, 1.54) is 17.7 Å². The number of anilines is 1. The molecule has 0 fully saturated rings. The van der Waals surface area contributed by atoms with Gasteiger partial charge in [-0.25, -0.2) is 4.39 Å². The first kappa shape index (κ1) is 11.0. The molecule has 2 aromatic carbocycles. The maximum absolute atomic E-state index is 13.2. The highest BCUT2D eigenvalue weighted by Gasteiger charge is 2.25. The topological polar surface area (TPSA) is 27.1 Å². The number of aryl methyl sites for hydroxylation is 1. The van der Waals surface area contributed by atoms with Gasteiger partial charge in [-0.2, -0.15) is 0 Å². The van der Waals surface area contributed by atoms with E-state index >= 15 is 0 Å². The quantitative estimate of drug-likeness (QED) is 0.811. The zero-order valence-corrected chi connectivity index (χ0v) is 10.1. The van der Waals surface area contributed by atoms with Crippen LogP contribution in [0.2, 0.25) is 0 Å². The lowest BCUT2D eigenvalue weighted by atomic mass is 10.1. The Balaban J connectivity index is 1.99. The van der Waals surface area contributed by atoms with E-state index in [0.29, 0.717) is 17.9 Å². The van der Waals surface area contributed by atoms with Gasteiger partial charge >= 0.3 is 0 Å². The Kier molecular flexibility index (Phi) is 2.40. The van der Waals surface area contributed by atoms with Gasteiger partial charge in [0.05, 0.1) is 6.54 Å². The Bertz CT molecular complexity index is 617. The molecule has 0 spiro atoms. The summed E-state index contributed by atoms with van der Waals surface area (Å²) < 4.78 is 13.2. The van der Waals surface area contributed by atoms with Crippen molar-refractivity contribution in [1.29, 1.82) is 5.41 Å². The highest BCUT2D eigenvalue weighted by Crippen LogP contribution is 2.28. The number of hydrogen-bond donors (Lipinski definition) is 1. The average Bonchev–Trinajstić information content (AvgIpc) is 2.68. The molecule has 0 bridgehead atoms. The van der Waals surface area contributed by atoms with E-state index in [0.717, 1.165) is 11.3 Å². The number of nitrogens with zero attached hydrogens (tertiary/aromatic N) is 1. The molecule has 1 aliphatic rings. The van der Waals surface area contributed by atoms with Crippen LogP contribution in [0.3, 0.4) is 0 Å². The van der Waals surface area contributed by atoms with E-state index in [4.69, 9.17) is 5.41 Å². The largest absolute Gasteiger partial charge is 0.322 e. The molecule has 3 heteroatoms. The second kappa shape index (κ2) is 3.95. The Hall–Kier alpha value is -2.16. The molecule has 0 saturated carbocycles. The van der Waals surface area contributed by atoms with Crippen molar-refractivity contribution in [1.82, 2.24) is 0 Å². The number of halogens is 1. The summed E-state index contributed by atoms with van der Waals surface area (Å²) in [6.07, 6.45) is 0. The van der Waals surface area contributed by atoms with Crippen LogP contribution in [0.25, 0.3) is 0 Å². The second-order valence-electron chi connectivity index (χ2n) is 4.57. The Morgan fingerprint density at radius 3 is 2.56 bits per heavy atom. The monoisotopic (exact) mass is 240 g/mol. The minimum absolute atomic E-state index is 0.288. The summed E-state index contributed by atoms with van der Waals surface area (Å²) in [5.41, 5.74) is 3.85. The number of rotatable bonds is 1. The second-order valence-corrected chi connectivity index (χ2v) is 4.57. The highest BCUT2D eigenvalue weighted by molar-refractivity contribution is 6.11. The number of benzene rings is 2. The van der Waals surface area contributed by atoms with Crippen LogP contribution in [0.1, 0.15) is 16.7 Å². The van der Waals surface area contributed by atoms with E-state index in [-0.39, 0.29) is 5.82 Å². The van der Waals surface area contributed by atoms with E-state index < -0.39 is 0 Å². The van der Waals surface area contributed by atoms with E-state index in [9.17, 15) is 4.39 Å². The van der Waals surface area contributed by atoms with Crippen LogP contribution in [0, 0.1) is 18.2 Å². The van der Waals surface area contributed by atoms with Crippen molar-refractivity contribution in [2.45, 2.75) is 13.5 Å². The van der Waals surface area contributed by atoms with Gasteiger partial charge in [0, 0.05) is 11.3 Å². The fraction of sp³-hybridized carbons (Fsp3) is 0.133. The first-order valence-electron chi connectivity index (χ1n) is 5.87. The Morgan fingerprint density at radius 2 is 1.83 bits per heavy atom. The Labute approximate surface area is 105 Å². The molecule has 2 nitrogen and oxygen atoms in total. The zero-order valence-electron chi connectivity index (χ0n) is 10.1. The lowest BCUT2D eigenvalue weighted by Crippen LogP contribution is -2.22. The molecule has 3 rings (SSSR count). The van der Waals surface area contributed by atoms with Crippen LogP contribution < -0.4 is 4.90 Å². The molecule has 2 aromatic rings. The van der Waals surface area contributed by atoms with Gasteiger partial charge in [0.15, 0.2) is 0 Å². The fourth-order valence-corrected chi connectivity index (χ4v) is 2.25. The van der Waals surface area contributed by atoms with Gasteiger partial charge in [0.2, 0.25) is 0 Å². The summed E-state index contributed by atoms with van der Waals surface area (Å²) in [5.74, 6) is 0.0811. The zero-order chi connectivity index (χ0) is 12.7. The summed E-state index contributed by atoms with van der Waals surface area (Å²) >= 11 is 0. The summed E-state index contributed by atoms with van der Waals surface area (Å²) in [6, 6.07) is 12.7. The van der Waals surface area contributed by atoms with Crippen molar-refractivity contribution in [3.05, 3.63) is 65.0 Å². The molecule has 0 aromatic heterocycles. The standard InChI is InChI=1S/C15H13FN2/c1-10-2-6-13(7-3-10)18-9-11-4-5-12(16)8-14(11)15(18)17/h2-8,17H,9H2,1H3. The maximum atomic E-state index is 13.2. The summed E-state index contributed by atoms with van der Waals surface area (Å²) in [7, 11) is 0. The minimum Gasteiger partial charge on any atom is -0.322 e. The number of hydrogen-bond acceptors (Lipinski definition) is 1. The molecule has 1 heterocycles. The minimum atomic E-state index is -0.288. The van der Waals surface area contributed by atoms with Gasteiger partial charge in [-0.3, -0.25) is 5.41 Å². The third-order valence-corrected chi connectivity index (χ3v) is 3.27. The van der Waals surface area contributed by atoms with Crippen molar-refractivity contribution in [2.75, 3.05) is 4.90 Å². The molecule has 0 saturated heterocycles. The predicted octanol–water partition coefficient (Wildman–Crippen LogP) is 3.48. The van der Waals surface area contributed by atoms with Gasteiger partial charge in [0.25, 0.3) is 0 Å². The van der Waals surface area contributed by atoms with Gasteiger partial charge in [-0.1, -0.05) is 23.8 Å². The summed E-state index contributed by atoms with van der Waals surface area (Å²) in [4.78, 5) is 1.89. The molecule has 0 radical (unpaired) electrons. The summed E-state index contributed by atoms with van der Waals surface area (Å²) in [5, 5.41) is 8.13. The van der Waals surface area contributed by atoms with E-state index in [1.54, 1.807) is 6.07 Å². The van der Waals surface area contributed by atoms with Crippen molar-refractivity contribution in [3.63, 3.8) is 0 Å². The van der Waals surface area contributed by atoms with Crippen LogP contribution >= 0.6 is 0 Å². The van der Waals surface area contributed by atoms with Crippen LogP contribution in [-0.4, -0.2) is 5.84 Å². The number of fused-ring (bicyclic) bond motifs is 1. The third-order valence-electron chi connectivity index (χ3n) is 3.27.